The molecule has 10 rings (SSSR count). The summed E-state index contributed by atoms with van der Waals surface area (Å²) in [5.41, 5.74) is 1.40. The molecule has 3 nitrogen and oxygen atoms in total. The average molecular weight is 823 g/mol. The van der Waals surface area contributed by atoms with Crippen molar-refractivity contribution in [3.63, 3.8) is 0 Å². The Kier molecular flexibility index (Phi) is 10.8. The van der Waals surface area contributed by atoms with Crippen LogP contribution in [0, 0.1) is 28.6 Å². The van der Waals surface area contributed by atoms with Gasteiger partial charge in [-0.05, 0) is 106 Å². The molecule has 5 heteroatoms. The summed E-state index contributed by atoms with van der Waals surface area (Å²) >= 11 is 0. The van der Waals surface area contributed by atoms with Gasteiger partial charge >= 0.3 is 0 Å². The molecule has 7 atom stereocenters. The zero-order valence-electron chi connectivity index (χ0n) is 34.9. The van der Waals surface area contributed by atoms with Gasteiger partial charge in [0, 0.05) is 12.0 Å². The smallest absolute Gasteiger partial charge is 0.288 e. The van der Waals surface area contributed by atoms with Crippen molar-refractivity contribution in [2.45, 2.75) is 70.5 Å². The molecule has 0 amide bonds. The van der Waals surface area contributed by atoms with E-state index in [0.717, 1.165) is 38.5 Å². The van der Waals surface area contributed by atoms with Gasteiger partial charge in [0.1, 0.15) is 0 Å². The largest absolute Gasteiger partial charge is 0.403 e. The minimum Gasteiger partial charge on any atom is -0.403 e. The molecule has 0 saturated heterocycles. The quantitative estimate of drug-likeness (QED) is 0.0818. The molecular weight excluding hydrogens is 765 g/mol. The Bertz CT molecular complexity index is 2180. The van der Waals surface area contributed by atoms with Crippen molar-refractivity contribution in [2.24, 2.45) is 28.6 Å². The molecule has 1 N–H and O–H groups in total. The number of fused-ring (bicyclic) bond motifs is 5. The van der Waals surface area contributed by atoms with E-state index in [1.807, 2.05) is 0 Å². The number of benzene rings is 6. The summed E-state index contributed by atoms with van der Waals surface area (Å²) in [5, 5.41) is 19.0. The third kappa shape index (κ3) is 6.56. The first-order chi connectivity index (χ1) is 29.5. The van der Waals surface area contributed by atoms with Crippen LogP contribution in [0.4, 0.5) is 0 Å². The lowest BCUT2D eigenvalue weighted by molar-refractivity contribution is -0.0871. The first-order valence-electron chi connectivity index (χ1n) is 22.5. The molecule has 0 bridgehead atoms. The SMILES string of the molecule is C[C@]12CC[C@@H]3[C@@H](CCC4=CC(O)CC[C@@]43CO[Si](c3ccccc3)(c3ccccc3)c3ccccc3)[C@@H]1CCC2O[Si](c1ccccc1)(c1ccccc1)c1ccccc1. The highest BCUT2D eigenvalue weighted by atomic mass is 28.4. The Hall–Kier alpha value is -4.63. The van der Waals surface area contributed by atoms with Crippen LogP contribution in [0.5, 0.6) is 0 Å². The molecule has 0 heterocycles. The predicted molar refractivity (Wildman–Crippen MR) is 251 cm³/mol. The zero-order chi connectivity index (χ0) is 40.6. The predicted octanol–water partition coefficient (Wildman–Crippen LogP) is 8.03. The first kappa shape index (κ1) is 39.5. The summed E-state index contributed by atoms with van der Waals surface area (Å²) in [6, 6.07) is 66.6. The van der Waals surface area contributed by atoms with Gasteiger partial charge in [0.2, 0.25) is 0 Å². The van der Waals surface area contributed by atoms with Crippen molar-refractivity contribution in [1.82, 2.24) is 0 Å². The molecule has 6 aromatic carbocycles. The van der Waals surface area contributed by atoms with E-state index in [2.05, 4.69) is 195 Å². The maximum absolute atomic E-state index is 11.2. The molecule has 3 saturated carbocycles. The van der Waals surface area contributed by atoms with Crippen molar-refractivity contribution in [3.05, 3.63) is 194 Å². The summed E-state index contributed by atoms with van der Waals surface area (Å²) in [6.07, 6.45) is 10.6. The fourth-order valence-electron chi connectivity index (χ4n) is 12.9. The first-order valence-corrected chi connectivity index (χ1v) is 26.3. The Morgan fingerprint density at radius 1 is 0.500 bits per heavy atom. The summed E-state index contributed by atoms with van der Waals surface area (Å²) in [5.74, 6) is 1.64. The van der Waals surface area contributed by atoms with Gasteiger partial charge in [-0.2, -0.15) is 0 Å². The highest BCUT2D eigenvalue weighted by molar-refractivity contribution is 7.07. The normalized spacial score (nSPS) is 27.6. The van der Waals surface area contributed by atoms with Gasteiger partial charge in [-0.15, -0.1) is 0 Å². The molecule has 4 aliphatic carbocycles. The Balaban J connectivity index is 1.03. The maximum atomic E-state index is 11.2. The van der Waals surface area contributed by atoms with Gasteiger partial charge in [0.05, 0.1) is 12.2 Å². The molecule has 0 spiro atoms. The lowest BCUT2D eigenvalue weighted by atomic mass is 9.47. The molecule has 0 radical (unpaired) electrons. The van der Waals surface area contributed by atoms with Crippen molar-refractivity contribution < 1.29 is 14.0 Å². The van der Waals surface area contributed by atoms with E-state index in [-0.39, 0.29) is 23.0 Å². The van der Waals surface area contributed by atoms with Crippen LogP contribution in [0.3, 0.4) is 0 Å². The zero-order valence-corrected chi connectivity index (χ0v) is 36.9. The highest BCUT2D eigenvalue weighted by Crippen LogP contribution is 2.66. The minimum absolute atomic E-state index is 0.0613. The van der Waals surface area contributed by atoms with E-state index in [9.17, 15) is 5.11 Å². The van der Waals surface area contributed by atoms with Crippen LogP contribution in [-0.2, 0) is 8.85 Å². The van der Waals surface area contributed by atoms with Crippen LogP contribution >= 0.6 is 0 Å². The van der Waals surface area contributed by atoms with Crippen molar-refractivity contribution >= 4 is 47.8 Å². The standard InChI is InChI=1S/C55H58O3Si2/c1-54-38-37-52-50(51(54)34-35-53(54)58-60(47-26-14-5-15-27-47,48-28-16-6-17-29-48)49-30-18-7-19-31-49)33-32-42-40-43(56)36-39-55(42,52)41-57-59(44-20-8-2-9-21-44,45-22-10-3-11-23-45)46-24-12-4-13-25-46/h2-31,40,43,50-53,56H,32-39,41H2,1H3/t43?,50-,51-,52+,53?,54-,55+/m0/s1. The van der Waals surface area contributed by atoms with Crippen molar-refractivity contribution in [1.29, 1.82) is 0 Å². The van der Waals surface area contributed by atoms with Crippen LogP contribution in [0.25, 0.3) is 0 Å². The lowest BCUT2D eigenvalue weighted by Crippen LogP contribution is -2.71. The summed E-state index contributed by atoms with van der Waals surface area (Å²) < 4.78 is 16.0. The van der Waals surface area contributed by atoms with Crippen LogP contribution in [0.15, 0.2) is 194 Å². The monoisotopic (exact) mass is 822 g/mol. The van der Waals surface area contributed by atoms with Gasteiger partial charge < -0.3 is 14.0 Å². The van der Waals surface area contributed by atoms with E-state index in [4.69, 9.17) is 8.85 Å². The number of hydrogen-bond acceptors (Lipinski definition) is 3. The van der Waals surface area contributed by atoms with Gasteiger partial charge in [0.25, 0.3) is 16.6 Å². The van der Waals surface area contributed by atoms with E-state index < -0.39 is 16.6 Å². The summed E-state index contributed by atoms with van der Waals surface area (Å²) in [4.78, 5) is 0. The van der Waals surface area contributed by atoms with Gasteiger partial charge in [-0.1, -0.05) is 201 Å². The Morgan fingerprint density at radius 2 is 0.933 bits per heavy atom. The second-order valence-electron chi connectivity index (χ2n) is 18.4. The number of hydrogen-bond donors (Lipinski definition) is 1. The summed E-state index contributed by atoms with van der Waals surface area (Å²) in [6.45, 7) is 3.27. The van der Waals surface area contributed by atoms with Gasteiger partial charge in [0.15, 0.2) is 0 Å². The molecule has 6 aromatic rings. The third-order valence-corrected chi connectivity index (χ3v) is 23.8. The molecule has 2 unspecified atom stereocenters. The molecule has 0 aliphatic heterocycles. The topological polar surface area (TPSA) is 38.7 Å². The molecule has 3 fully saturated rings. The van der Waals surface area contributed by atoms with Crippen LogP contribution in [0.2, 0.25) is 0 Å². The van der Waals surface area contributed by atoms with Gasteiger partial charge in [-0.3, -0.25) is 0 Å². The molecule has 4 aliphatic rings. The molecule has 304 valence electrons. The molecule has 60 heavy (non-hydrogen) atoms. The number of aliphatic hydroxyl groups is 1. The average Bonchev–Trinajstić information content (AvgIpc) is 3.65. The second kappa shape index (κ2) is 16.3. The van der Waals surface area contributed by atoms with Crippen LogP contribution in [0.1, 0.15) is 58.3 Å². The van der Waals surface area contributed by atoms with E-state index >= 15 is 0 Å². The molecule has 0 aromatic heterocycles. The van der Waals surface area contributed by atoms with Crippen molar-refractivity contribution in [3.8, 4) is 0 Å². The highest BCUT2D eigenvalue weighted by Gasteiger charge is 2.62. The Labute approximate surface area is 359 Å². The van der Waals surface area contributed by atoms with E-state index in [1.165, 1.54) is 49.5 Å². The van der Waals surface area contributed by atoms with Crippen molar-refractivity contribution in [2.75, 3.05) is 6.61 Å². The van der Waals surface area contributed by atoms with Crippen LogP contribution < -0.4 is 31.1 Å². The fourth-order valence-corrected chi connectivity index (χ4v) is 21.0. The number of rotatable bonds is 11. The second-order valence-corrected chi connectivity index (χ2v) is 25.2. The third-order valence-electron chi connectivity index (χ3n) is 15.7. The summed E-state index contributed by atoms with van der Waals surface area (Å²) in [7, 11) is -5.83. The molecular formula is C55H58O3Si2. The Morgan fingerprint density at radius 3 is 1.38 bits per heavy atom. The number of aliphatic hydroxyl groups excluding tert-OH is 1. The maximum Gasteiger partial charge on any atom is 0.288 e. The minimum atomic E-state index is -2.94. The van der Waals surface area contributed by atoms with E-state index in [1.54, 1.807) is 0 Å². The van der Waals surface area contributed by atoms with Gasteiger partial charge in [-0.25, -0.2) is 0 Å². The van der Waals surface area contributed by atoms with Crippen LogP contribution in [-0.4, -0.2) is 40.6 Å². The van der Waals surface area contributed by atoms with E-state index in [0.29, 0.717) is 24.4 Å². The fraction of sp³-hybridized carbons (Fsp3) is 0.309. The lowest BCUT2D eigenvalue weighted by Gasteiger charge is -2.60.